The Hall–Kier alpha value is -2.98. The van der Waals surface area contributed by atoms with E-state index in [2.05, 4.69) is 5.32 Å². The molecule has 2 aromatic rings. The zero-order valence-corrected chi connectivity index (χ0v) is 22.3. The van der Waals surface area contributed by atoms with E-state index in [9.17, 15) is 18.0 Å². The minimum Gasteiger partial charge on any atom is -0.486 e. The number of benzene rings is 2. The van der Waals surface area contributed by atoms with Crippen molar-refractivity contribution in [2.24, 2.45) is 0 Å². The Labute approximate surface area is 217 Å². The van der Waals surface area contributed by atoms with Crippen LogP contribution in [0.2, 0.25) is 5.02 Å². The van der Waals surface area contributed by atoms with Crippen LogP contribution in [0.3, 0.4) is 0 Å². The number of halogens is 1. The summed E-state index contributed by atoms with van der Waals surface area (Å²) < 4.78 is 37.5. The summed E-state index contributed by atoms with van der Waals surface area (Å²) in [5, 5.41) is 3.39. The average molecular weight is 538 g/mol. The Balaban J connectivity index is 1.88. The number of nitrogens with zero attached hydrogens (tertiary/aromatic N) is 2. The summed E-state index contributed by atoms with van der Waals surface area (Å²) >= 11 is 5.99. The molecule has 3 rings (SSSR count). The van der Waals surface area contributed by atoms with Gasteiger partial charge in [0.1, 0.15) is 25.8 Å². The minimum absolute atomic E-state index is 0.108. The quantitative estimate of drug-likeness (QED) is 0.441. The zero-order valence-electron chi connectivity index (χ0n) is 20.7. The lowest BCUT2D eigenvalue weighted by molar-refractivity contribution is -0.139. The van der Waals surface area contributed by atoms with Crippen LogP contribution in [0.25, 0.3) is 0 Å². The summed E-state index contributed by atoms with van der Waals surface area (Å²) in [6.07, 6.45) is 2.76. The Morgan fingerprint density at radius 2 is 1.75 bits per heavy atom. The van der Waals surface area contributed by atoms with Crippen molar-refractivity contribution in [3.8, 4) is 11.5 Å². The highest BCUT2D eigenvalue weighted by Gasteiger charge is 2.30. The Morgan fingerprint density at radius 1 is 1.08 bits per heavy atom. The molecule has 0 saturated heterocycles. The standard InChI is InChI=1S/C25H32ClN3O6S/c1-4-5-12-27-25(31)18(2)28(16-19-6-8-20(26)9-7-19)24(30)17-29(36(3,32)33)21-10-11-22-23(15-21)35-14-13-34-22/h6-11,15,18H,4-5,12-14,16-17H2,1-3H3,(H,27,31)/t18-/m1/s1. The molecule has 196 valence electrons. The fraction of sp³-hybridized carbons (Fsp3) is 0.440. The zero-order chi connectivity index (χ0) is 26.3. The number of ether oxygens (including phenoxy) is 2. The number of fused-ring (bicyclic) bond motifs is 1. The normalized spacial score (nSPS) is 13.6. The van der Waals surface area contributed by atoms with Gasteiger partial charge in [-0.05, 0) is 43.2 Å². The van der Waals surface area contributed by atoms with Crippen LogP contribution in [0.1, 0.15) is 32.3 Å². The number of hydrogen-bond acceptors (Lipinski definition) is 6. The number of sulfonamides is 1. The third kappa shape index (κ3) is 7.27. The molecule has 2 aromatic carbocycles. The maximum atomic E-state index is 13.6. The van der Waals surface area contributed by atoms with Crippen LogP contribution in [-0.2, 0) is 26.2 Å². The lowest BCUT2D eigenvalue weighted by atomic mass is 10.1. The molecular weight excluding hydrogens is 506 g/mol. The van der Waals surface area contributed by atoms with Gasteiger partial charge in [0.05, 0.1) is 11.9 Å². The summed E-state index contributed by atoms with van der Waals surface area (Å²) in [6, 6.07) is 10.8. The van der Waals surface area contributed by atoms with Gasteiger partial charge in [0.2, 0.25) is 21.8 Å². The molecule has 1 aliphatic heterocycles. The topological polar surface area (TPSA) is 105 Å². The lowest BCUT2D eigenvalue weighted by Gasteiger charge is -2.31. The van der Waals surface area contributed by atoms with Crippen molar-refractivity contribution in [2.45, 2.75) is 39.3 Å². The van der Waals surface area contributed by atoms with Crippen LogP contribution in [0.4, 0.5) is 5.69 Å². The van der Waals surface area contributed by atoms with Crippen molar-refractivity contribution >= 4 is 39.1 Å². The van der Waals surface area contributed by atoms with E-state index in [1.165, 1.54) is 11.0 Å². The van der Waals surface area contributed by atoms with Gasteiger partial charge >= 0.3 is 0 Å². The molecule has 11 heteroatoms. The van der Waals surface area contributed by atoms with Crippen molar-refractivity contribution in [1.29, 1.82) is 0 Å². The van der Waals surface area contributed by atoms with E-state index < -0.39 is 28.5 Å². The highest BCUT2D eigenvalue weighted by molar-refractivity contribution is 7.92. The Kier molecular flexibility index (Phi) is 9.44. The molecule has 0 saturated carbocycles. The summed E-state index contributed by atoms with van der Waals surface area (Å²) in [5.41, 5.74) is 1.02. The molecule has 0 aromatic heterocycles. The Bertz CT molecular complexity index is 1170. The summed E-state index contributed by atoms with van der Waals surface area (Å²) in [5.74, 6) is 0.0764. The molecule has 2 amide bonds. The summed E-state index contributed by atoms with van der Waals surface area (Å²) in [4.78, 5) is 27.8. The predicted molar refractivity (Wildman–Crippen MR) is 139 cm³/mol. The second kappa shape index (κ2) is 12.3. The highest BCUT2D eigenvalue weighted by atomic mass is 35.5. The lowest BCUT2D eigenvalue weighted by Crippen LogP contribution is -2.51. The predicted octanol–water partition coefficient (Wildman–Crippen LogP) is 3.21. The first-order valence-electron chi connectivity index (χ1n) is 11.8. The third-order valence-corrected chi connectivity index (χ3v) is 7.15. The number of carbonyl (C=O) groups excluding carboxylic acids is 2. The second-order valence-corrected chi connectivity index (χ2v) is 10.9. The van der Waals surface area contributed by atoms with Gasteiger partial charge in [-0.1, -0.05) is 37.1 Å². The van der Waals surface area contributed by atoms with Crippen molar-refractivity contribution in [3.05, 3.63) is 53.1 Å². The molecule has 0 bridgehead atoms. The highest BCUT2D eigenvalue weighted by Crippen LogP contribution is 2.34. The van der Waals surface area contributed by atoms with Crippen molar-refractivity contribution in [1.82, 2.24) is 10.2 Å². The molecule has 36 heavy (non-hydrogen) atoms. The molecule has 0 spiro atoms. The van der Waals surface area contributed by atoms with Crippen LogP contribution in [0.5, 0.6) is 11.5 Å². The molecule has 0 aliphatic carbocycles. The van der Waals surface area contributed by atoms with Gasteiger partial charge < -0.3 is 19.7 Å². The fourth-order valence-corrected chi connectivity index (χ4v) is 4.67. The van der Waals surface area contributed by atoms with Crippen LogP contribution in [0, 0.1) is 0 Å². The number of rotatable bonds is 11. The van der Waals surface area contributed by atoms with Crippen molar-refractivity contribution in [2.75, 3.05) is 36.9 Å². The summed E-state index contributed by atoms with van der Waals surface area (Å²) in [7, 11) is -3.84. The van der Waals surface area contributed by atoms with E-state index in [0.717, 1.165) is 29.0 Å². The van der Waals surface area contributed by atoms with Gasteiger partial charge in [-0.3, -0.25) is 13.9 Å². The van der Waals surface area contributed by atoms with Crippen LogP contribution >= 0.6 is 11.6 Å². The number of nitrogens with one attached hydrogen (secondary N) is 1. The first kappa shape index (κ1) is 27.6. The first-order valence-corrected chi connectivity index (χ1v) is 14.0. The van der Waals surface area contributed by atoms with E-state index in [-0.39, 0.29) is 18.1 Å². The average Bonchev–Trinajstić information content (AvgIpc) is 2.85. The smallest absolute Gasteiger partial charge is 0.244 e. The molecule has 9 nitrogen and oxygen atoms in total. The van der Waals surface area contributed by atoms with E-state index >= 15 is 0 Å². The molecule has 1 heterocycles. The number of anilines is 1. The maximum Gasteiger partial charge on any atom is 0.244 e. The number of unbranched alkanes of at least 4 members (excludes halogenated alkanes) is 1. The number of amides is 2. The van der Waals surface area contributed by atoms with E-state index in [1.54, 1.807) is 43.3 Å². The van der Waals surface area contributed by atoms with Crippen molar-refractivity contribution in [3.63, 3.8) is 0 Å². The van der Waals surface area contributed by atoms with Gasteiger partial charge in [-0.25, -0.2) is 8.42 Å². The SMILES string of the molecule is CCCCNC(=O)[C@@H](C)N(Cc1ccc(Cl)cc1)C(=O)CN(c1ccc2c(c1)OCCO2)S(C)(=O)=O. The molecule has 0 radical (unpaired) electrons. The number of carbonyl (C=O) groups is 2. The van der Waals surface area contributed by atoms with Gasteiger partial charge in [-0.2, -0.15) is 0 Å². The van der Waals surface area contributed by atoms with Gasteiger partial charge in [0.15, 0.2) is 11.5 Å². The summed E-state index contributed by atoms with van der Waals surface area (Å²) in [6.45, 7) is 4.50. The van der Waals surface area contributed by atoms with E-state index in [0.29, 0.717) is 36.3 Å². The van der Waals surface area contributed by atoms with Gasteiger partial charge in [0.25, 0.3) is 0 Å². The fourth-order valence-electron chi connectivity index (χ4n) is 3.71. The number of hydrogen-bond donors (Lipinski definition) is 1. The van der Waals surface area contributed by atoms with Crippen LogP contribution in [-0.4, -0.2) is 63.7 Å². The Morgan fingerprint density at radius 3 is 2.39 bits per heavy atom. The van der Waals surface area contributed by atoms with Gasteiger partial charge in [0, 0.05) is 24.2 Å². The molecule has 0 fully saturated rings. The molecule has 1 N–H and O–H groups in total. The molecule has 1 atom stereocenters. The largest absolute Gasteiger partial charge is 0.486 e. The third-order valence-electron chi connectivity index (χ3n) is 5.76. The first-order chi connectivity index (χ1) is 17.1. The van der Waals surface area contributed by atoms with Crippen LogP contribution in [0.15, 0.2) is 42.5 Å². The molecular formula is C25H32ClN3O6S. The van der Waals surface area contributed by atoms with Crippen molar-refractivity contribution < 1.29 is 27.5 Å². The van der Waals surface area contributed by atoms with Gasteiger partial charge in [-0.15, -0.1) is 0 Å². The minimum atomic E-state index is -3.84. The maximum absolute atomic E-state index is 13.6. The van der Waals surface area contributed by atoms with E-state index in [1.807, 2.05) is 6.92 Å². The monoisotopic (exact) mass is 537 g/mol. The van der Waals surface area contributed by atoms with Crippen LogP contribution < -0.4 is 19.1 Å². The molecule has 1 aliphatic rings. The van der Waals surface area contributed by atoms with E-state index in [4.69, 9.17) is 21.1 Å². The second-order valence-electron chi connectivity index (χ2n) is 8.57. The molecule has 0 unspecified atom stereocenters.